The van der Waals surface area contributed by atoms with Crippen molar-refractivity contribution in [2.24, 2.45) is 0 Å². The molecule has 0 radical (unpaired) electrons. The van der Waals surface area contributed by atoms with Gasteiger partial charge >= 0.3 is 0 Å². The number of hydrogen-bond donors (Lipinski definition) is 0. The SMILES string of the molecule is CCN(Cc1ccc(OC)c(OC)c1)C(=O)CSc1nnc(-c2ccc(C(C)(C)C)cc2)n1CC. The summed E-state index contributed by atoms with van der Waals surface area (Å²) in [7, 11) is 3.22. The Hall–Kier alpha value is -3.00. The van der Waals surface area contributed by atoms with Crippen molar-refractivity contribution in [2.75, 3.05) is 26.5 Å². The molecule has 35 heavy (non-hydrogen) atoms. The van der Waals surface area contributed by atoms with Gasteiger partial charge in [-0.15, -0.1) is 10.2 Å². The minimum atomic E-state index is 0.0500. The lowest BCUT2D eigenvalue weighted by Crippen LogP contribution is -2.31. The van der Waals surface area contributed by atoms with Gasteiger partial charge in [0, 0.05) is 25.2 Å². The highest BCUT2D eigenvalue weighted by Crippen LogP contribution is 2.29. The fraction of sp³-hybridized carbons (Fsp3) is 0.444. The van der Waals surface area contributed by atoms with Gasteiger partial charge in [0.25, 0.3) is 0 Å². The molecule has 3 rings (SSSR count). The maximum atomic E-state index is 13.0. The van der Waals surface area contributed by atoms with Crippen molar-refractivity contribution in [3.05, 3.63) is 53.6 Å². The quantitative estimate of drug-likeness (QED) is 0.349. The second-order valence-electron chi connectivity index (χ2n) is 9.26. The maximum absolute atomic E-state index is 13.0. The Kier molecular flexibility index (Phi) is 8.83. The van der Waals surface area contributed by atoms with Crippen molar-refractivity contribution in [2.45, 2.75) is 58.3 Å². The molecule has 0 N–H and O–H groups in total. The molecule has 0 atom stereocenters. The van der Waals surface area contributed by atoms with E-state index in [1.165, 1.54) is 17.3 Å². The minimum Gasteiger partial charge on any atom is -0.493 e. The fourth-order valence-electron chi connectivity index (χ4n) is 3.81. The summed E-state index contributed by atoms with van der Waals surface area (Å²) >= 11 is 1.42. The van der Waals surface area contributed by atoms with Crippen LogP contribution in [0.5, 0.6) is 11.5 Å². The number of thioether (sulfide) groups is 1. The third-order valence-electron chi connectivity index (χ3n) is 5.92. The summed E-state index contributed by atoms with van der Waals surface area (Å²) in [5.41, 5.74) is 3.38. The van der Waals surface area contributed by atoms with E-state index >= 15 is 0 Å². The molecule has 0 fully saturated rings. The number of benzene rings is 2. The van der Waals surface area contributed by atoms with E-state index in [2.05, 4.69) is 66.7 Å². The summed E-state index contributed by atoms with van der Waals surface area (Å²) in [6, 6.07) is 14.2. The molecule has 2 aromatic carbocycles. The lowest BCUT2D eigenvalue weighted by atomic mass is 9.87. The fourth-order valence-corrected chi connectivity index (χ4v) is 4.71. The highest BCUT2D eigenvalue weighted by atomic mass is 32.2. The van der Waals surface area contributed by atoms with Crippen molar-refractivity contribution in [3.8, 4) is 22.9 Å². The molecule has 0 saturated heterocycles. The summed E-state index contributed by atoms with van der Waals surface area (Å²) in [6.45, 7) is 12.5. The summed E-state index contributed by atoms with van der Waals surface area (Å²) < 4.78 is 12.8. The molecular weight excluding hydrogens is 460 g/mol. The second-order valence-corrected chi connectivity index (χ2v) is 10.2. The highest BCUT2D eigenvalue weighted by molar-refractivity contribution is 7.99. The van der Waals surface area contributed by atoms with Crippen molar-refractivity contribution < 1.29 is 14.3 Å². The van der Waals surface area contributed by atoms with Crippen LogP contribution in [0.1, 0.15) is 45.7 Å². The summed E-state index contributed by atoms with van der Waals surface area (Å²) in [5, 5.41) is 9.58. The van der Waals surface area contributed by atoms with Crippen LogP contribution in [0.15, 0.2) is 47.6 Å². The largest absolute Gasteiger partial charge is 0.493 e. The van der Waals surface area contributed by atoms with Gasteiger partial charge < -0.3 is 18.9 Å². The van der Waals surface area contributed by atoms with Gasteiger partial charge in [-0.25, -0.2) is 0 Å². The number of ether oxygens (including phenoxy) is 2. The van der Waals surface area contributed by atoms with Crippen molar-refractivity contribution >= 4 is 17.7 Å². The number of hydrogen-bond acceptors (Lipinski definition) is 6. The zero-order valence-corrected chi connectivity index (χ0v) is 22.6. The Balaban J connectivity index is 1.69. The van der Waals surface area contributed by atoms with Crippen LogP contribution in [0.25, 0.3) is 11.4 Å². The van der Waals surface area contributed by atoms with E-state index < -0.39 is 0 Å². The average Bonchev–Trinajstić information content (AvgIpc) is 3.28. The smallest absolute Gasteiger partial charge is 0.233 e. The normalized spacial score (nSPS) is 11.4. The number of aromatic nitrogens is 3. The second kappa shape index (κ2) is 11.6. The number of rotatable bonds is 10. The first kappa shape index (κ1) is 26.6. The monoisotopic (exact) mass is 496 g/mol. The molecule has 0 aliphatic carbocycles. The van der Waals surface area contributed by atoms with E-state index in [0.717, 1.165) is 28.7 Å². The number of carbonyl (C=O) groups is 1. The topological polar surface area (TPSA) is 69.5 Å². The molecule has 0 bridgehead atoms. The van der Waals surface area contributed by atoms with E-state index in [1.807, 2.05) is 30.0 Å². The van der Waals surface area contributed by atoms with Gasteiger partial charge in [0.15, 0.2) is 22.5 Å². The van der Waals surface area contributed by atoms with Crippen LogP contribution in [0.4, 0.5) is 0 Å². The van der Waals surface area contributed by atoms with Gasteiger partial charge in [0.1, 0.15) is 0 Å². The standard InChI is InChI=1S/C27H36N4O3S/c1-8-30(17-19-10-15-22(33-6)23(16-19)34-7)24(32)18-35-26-29-28-25(31(26)9-2)20-11-13-21(14-12-20)27(3,4)5/h10-16H,8-9,17-18H2,1-7H3. The Morgan fingerprint density at radius 2 is 1.69 bits per heavy atom. The Bertz CT molecular complexity index is 1140. The predicted octanol–water partition coefficient (Wildman–Crippen LogP) is 5.42. The molecular formula is C27H36N4O3S. The first-order valence-electron chi connectivity index (χ1n) is 11.9. The van der Waals surface area contributed by atoms with E-state index in [0.29, 0.717) is 30.3 Å². The molecule has 0 spiro atoms. The molecule has 0 unspecified atom stereocenters. The number of nitrogens with zero attached hydrogens (tertiary/aromatic N) is 4. The summed E-state index contributed by atoms with van der Waals surface area (Å²) in [5.74, 6) is 2.49. The van der Waals surface area contributed by atoms with Crippen LogP contribution in [-0.4, -0.2) is 52.1 Å². The molecule has 188 valence electrons. The van der Waals surface area contributed by atoms with Gasteiger partial charge in [-0.2, -0.15) is 0 Å². The maximum Gasteiger partial charge on any atom is 0.233 e. The van der Waals surface area contributed by atoms with Crippen LogP contribution in [0, 0.1) is 0 Å². The Morgan fingerprint density at radius 3 is 2.26 bits per heavy atom. The van der Waals surface area contributed by atoms with E-state index in [9.17, 15) is 4.79 Å². The van der Waals surface area contributed by atoms with Gasteiger partial charge in [-0.3, -0.25) is 4.79 Å². The minimum absolute atomic E-state index is 0.0500. The first-order valence-corrected chi connectivity index (χ1v) is 12.9. The number of carbonyl (C=O) groups excluding carboxylic acids is 1. The molecule has 1 heterocycles. The lowest BCUT2D eigenvalue weighted by molar-refractivity contribution is -0.128. The third kappa shape index (κ3) is 6.36. The van der Waals surface area contributed by atoms with Gasteiger partial charge in [0.05, 0.1) is 20.0 Å². The number of methoxy groups -OCH3 is 2. The van der Waals surface area contributed by atoms with E-state index in [-0.39, 0.29) is 11.3 Å². The van der Waals surface area contributed by atoms with Crippen LogP contribution in [0.2, 0.25) is 0 Å². The molecule has 7 nitrogen and oxygen atoms in total. The van der Waals surface area contributed by atoms with E-state index in [1.54, 1.807) is 14.2 Å². The molecule has 0 aliphatic rings. The van der Waals surface area contributed by atoms with Crippen molar-refractivity contribution in [1.82, 2.24) is 19.7 Å². The Labute approximate surface area is 212 Å². The number of amides is 1. The molecule has 0 saturated carbocycles. The van der Waals surface area contributed by atoms with Crippen LogP contribution < -0.4 is 9.47 Å². The average molecular weight is 497 g/mol. The first-order chi connectivity index (χ1) is 16.7. The zero-order valence-electron chi connectivity index (χ0n) is 21.8. The van der Waals surface area contributed by atoms with Gasteiger partial charge in [-0.1, -0.05) is 62.9 Å². The van der Waals surface area contributed by atoms with Crippen LogP contribution >= 0.6 is 11.8 Å². The predicted molar refractivity (Wildman–Crippen MR) is 141 cm³/mol. The highest BCUT2D eigenvalue weighted by Gasteiger charge is 2.19. The van der Waals surface area contributed by atoms with Crippen molar-refractivity contribution in [1.29, 1.82) is 0 Å². The molecule has 8 heteroatoms. The van der Waals surface area contributed by atoms with Crippen LogP contribution in [-0.2, 0) is 23.3 Å². The molecule has 1 aromatic heterocycles. The lowest BCUT2D eigenvalue weighted by Gasteiger charge is -2.21. The third-order valence-corrected chi connectivity index (χ3v) is 6.87. The van der Waals surface area contributed by atoms with E-state index in [4.69, 9.17) is 9.47 Å². The summed E-state index contributed by atoms with van der Waals surface area (Å²) in [4.78, 5) is 14.9. The van der Waals surface area contributed by atoms with Crippen molar-refractivity contribution in [3.63, 3.8) is 0 Å². The van der Waals surface area contributed by atoms with Gasteiger partial charge in [0.2, 0.25) is 5.91 Å². The Morgan fingerprint density at radius 1 is 1.00 bits per heavy atom. The molecule has 1 amide bonds. The summed E-state index contributed by atoms with van der Waals surface area (Å²) in [6.07, 6.45) is 0. The van der Waals surface area contributed by atoms with Crippen LogP contribution in [0.3, 0.4) is 0 Å². The van der Waals surface area contributed by atoms with Gasteiger partial charge in [-0.05, 0) is 42.5 Å². The molecule has 3 aromatic rings. The molecule has 0 aliphatic heterocycles. The zero-order chi connectivity index (χ0) is 25.6.